The number of carbonyl (C=O) groups excluding carboxylic acids is 3. The summed E-state index contributed by atoms with van der Waals surface area (Å²) in [5, 5.41) is 6.32. The third-order valence-corrected chi connectivity index (χ3v) is 13.6. The van der Waals surface area contributed by atoms with Crippen molar-refractivity contribution in [3.8, 4) is 0 Å². The minimum Gasteiger partial charge on any atom is -0.462 e. The van der Waals surface area contributed by atoms with Crippen LogP contribution in [0.2, 0.25) is 0 Å². The second-order valence-electron chi connectivity index (χ2n) is 13.3. The highest BCUT2D eigenvalue weighted by atomic mass is 32.2. The van der Waals surface area contributed by atoms with Gasteiger partial charge < -0.3 is 15.4 Å². The summed E-state index contributed by atoms with van der Waals surface area (Å²) in [6.07, 6.45) is 10.7. The van der Waals surface area contributed by atoms with E-state index in [1.807, 2.05) is 95.9 Å². The van der Waals surface area contributed by atoms with Gasteiger partial charge in [0.15, 0.2) is 0 Å². The largest absolute Gasteiger partial charge is 0.462 e. The summed E-state index contributed by atoms with van der Waals surface area (Å²) < 4.78 is 5.53. The Balaban J connectivity index is 1.05. The predicted molar refractivity (Wildman–Crippen MR) is 221 cm³/mol. The highest BCUT2D eigenvalue weighted by molar-refractivity contribution is 8.00. The first-order valence-electron chi connectivity index (χ1n) is 18.2. The van der Waals surface area contributed by atoms with E-state index in [9.17, 15) is 14.4 Å². The lowest BCUT2D eigenvalue weighted by Gasteiger charge is -2.40. The van der Waals surface area contributed by atoms with Gasteiger partial charge in [-0.3, -0.25) is 9.69 Å². The second kappa shape index (κ2) is 16.1. The van der Waals surface area contributed by atoms with Gasteiger partial charge in [-0.1, -0.05) is 103 Å². The molecule has 4 atom stereocenters. The molecular formula is C44H39N3O4S3. The molecule has 8 rings (SSSR count). The molecule has 4 unspecified atom stereocenters. The molecule has 1 aliphatic heterocycles. The van der Waals surface area contributed by atoms with Crippen molar-refractivity contribution in [1.29, 1.82) is 0 Å². The zero-order valence-corrected chi connectivity index (χ0v) is 32.1. The van der Waals surface area contributed by atoms with Crippen LogP contribution in [0.1, 0.15) is 56.4 Å². The van der Waals surface area contributed by atoms with Gasteiger partial charge in [0.05, 0.1) is 29.1 Å². The quantitative estimate of drug-likeness (QED) is 0.115. The number of ether oxygens (including phenoxy) is 1. The number of thiophene rings is 1. The number of nitrogens with one attached hydrogen (secondary N) is 2. The maximum absolute atomic E-state index is 14.4. The number of benzene rings is 4. The van der Waals surface area contributed by atoms with Gasteiger partial charge in [0.2, 0.25) is 5.91 Å². The van der Waals surface area contributed by atoms with Crippen molar-refractivity contribution in [2.75, 3.05) is 22.1 Å². The van der Waals surface area contributed by atoms with Crippen LogP contribution in [0.4, 0.5) is 21.2 Å². The van der Waals surface area contributed by atoms with Gasteiger partial charge in [0.25, 0.3) is 0 Å². The Morgan fingerprint density at radius 1 is 0.889 bits per heavy atom. The molecule has 0 fully saturated rings. The molecule has 2 N–H and O–H groups in total. The van der Waals surface area contributed by atoms with Gasteiger partial charge in [0, 0.05) is 20.4 Å². The van der Waals surface area contributed by atoms with Gasteiger partial charge in [-0.2, -0.15) is 0 Å². The average Bonchev–Trinajstić information content (AvgIpc) is 3.56. The summed E-state index contributed by atoms with van der Waals surface area (Å²) in [6, 6.07) is 35.4. The van der Waals surface area contributed by atoms with Crippen LogP contribution >= 0.6 is 34.9 Å². The molecule has 0 saturated heterocycles. The molecule has 272 valence electrons. The second-order valence-corrected chi connectivity index (χ2v) is 16.8. The van der Waals surface area contributed by atoms with Crippen molar-refractivity contribution < 1.29 is 19.1 Å². The van der Waals surface area contributed by atoms with E-state index in [4.69, 9.17) is 4.74 Å². The highest BCUT2D eigenvalue weighted by Crippen LogP contribution is 2.46. The first kappa shape index (κ1) is 36.0. The van der Waals surface area contributed by atoms with Gasteiger partial charge in [-0.05, 0) is 79.1 Å². The third-order valence-electron chi connectivity index (χ3n) is 9.89. The van der Waals surface area contributed by atoms with E-state index in [-0.39, 0.29) is 29.8 Å². The number of para-hydroxylation sites is 1. The zero-order chi connectivity index (χ0) is 37.0. The molecule has 3 aliphatic rings. The molecule has 5 aromatic rings. The zero-order valence-electron chi connectivity index (χ0n) is 29.6. The van der Waals surface area contributed by atoms with E-state index < -0.39 is 11.2 Å². The van der Waals surface area contributed by atoms with Crippen molar-refractivity contribution >= 4 is 69.1 Å². The fourth-order valence-electron chi connectivity index (χ4n) is 7.37. The Bertz CT molecular complexity index is 2240. The number of carbonyl (C=O) groups is 3. The van der Waals surface area contributed by atoms with E-state index in [2.05, 4.69) is 53.1 Å². The summed E-state index contributed by atoms with van der Waals surface area (Å²) in [5.74, 6) is -0.302. The number of urea groups is 1. The van der Waals surface area contributed by atoms with E-state index in [0.29, 0.717) is 22.2 Å². The summed E-state index contributed by atoms with van der Waals surface area (Å²) in [7, 11) is 0. The van der Waals surface area contributed by atoms with Crippen LogP contribution in [0.15, 0.2) is 143 Å². The summed E-state index contributed by atoms with van der Waals surface area (Å²) in [4.78, 5) is 46.7. The van der Waals surface area contributed by atoms with Crippen LogP contribution < -0.4 is 15.5 Å². The fraction of sp³-hybridized carbons (Fsp3) is 0.205. The van der Waals surface area contributed by atoms with E-state index >= 15 is 0 Å². The van der Waals surface area contributed by atoms with Gasteiger partial charge in [-0.15, -0.1) is 34.9 Å². The van der Waals surface area contributed by atoms with Crippen LogP contribution in [0.5, 0.6) is 0 Å². The summed E-state index contributed by atoms with van der Waals surface area (Å²) in [6.45, 7) is 2.04. The topological polar surface area (TPSA) is 87.7 Å². The maximum atomic E-state index is 14.4. The van der Waals surface area contributed by atoms with Gasteiger partial charge >= 0.3 is 12.0 Å². The van der Waals surface area contributed by atoms with Crippen molar-refractivity contribution in [3.05, 3.63) is 161 Å². The minimum absolute atomic E-state index is 0.117. The molecule has 0 bridgehead atoms. The van der Waals surface area contributed by atoms with E-state index in [1.54, 1.807) is 18.7 Å². The molecule has 0 spiro atoms. The number of anilines is 3. The number of allylic oxidation sites excluding steroid dienone is 2. The van der Waals surface area contributed by atoms with Crippen LogP contribution in [0, 0.1) is 0 Å². The molecule has 0 radical (unpaired) electrons. The molecule has 0 saturated carbocycles. The minimum atomic E-state index is -0.644. The fourth-order valence-corrected chi connectivity index (χ4v) is 11.0. The smallest absolute Gasteiger partial charge is 0.341 e. The van der Waals surface area contributed by atoms with E-state index in [1.165, 1.54) is 28.7 Å². The van der Waals surface area contributed by atoms with E-state index in [0.717, 1.165) is 50.7 Å². The Morgan fingerprint density at radius 2 is 1.65 bits per heavy atom. The number of fused-ring (bicyclic) bond motifs is 3. The van der Waals surface area contributed by atoms with Crippen molar-refractivity contribution in [2.24, 2.45) is 0 Å². The molecular weight excluding hydrogens is 731 g/mol. The highest BCUT2D eigenvalue weighted by Gasteiger charge is 2.37. The van der Waals surface area contributed by atoms with Crippen LogP contribution in [-0.4, -0.2) is 35.8 Å². The molecule has 3 amide bonds. The molecule has 10 heteroatoms. The standard InChI is InChI=1S/C44H39N3O4S3/c1-2-51-43(49)39-33-25-24-30(28-14-5-3-6-15-28)26-38(33)54-42(39)46-41(48)40(29-16-7-4-8-17-29)52-32-19-13-18-31(27-32)45-44(50)47-34-20-9-11-22-36(34)53-37-23-12-10-21-35(37)47/h3-23,27,30,34,36,40H,2,24-26H2,1H3,(H,45,50)(H,46,48). The monoisotopic (exact) mass is 769 g/mol. The summed E-state index contributed by atoms with van der Waals surface area (Å²) >= 11 is 4.64. The van der Waals surface area contributed by atoms with Crippen molar-refractivity contribution in [2.45, 2.75) is 58.4 Å². The molecule has 1 aromatic heterocycles. The van der Waals surface area contributed by atoms with Crippen LogP contribution in [0.25, 0.3) is 0 Å². The number of hydrogen-bond donors (Lipinski definition) is 2. The van der Waals surface area contributed by atoms with Crippen LogP contribution in [-0.2, 0) is 22.4 Å². The molecule has 7 nitrogen and oxygen atoms in total. The normalized spacial score (nSPS) is 18.8. The number of hydrogen-bond acceptors (Lipinski definition) is 7. The van der Waals surface area contributed by atoms with Crippen molar-refractivity contribution in [3.63, 3.8) is 0 Å². The first-order chi connectivity index (χ1) is 26.5. The average molecular weight is 770 g/mol. The molecule has 4 aromatic carbocycles. The Labute approximate surface area is 327 Å². The number of esters is 1. The number of amides is 3. The number of nitrogens with zero attached hydrogens (tertiary/aromatic N) is 1. The van der Waals surface area contributed by atoms with Crippen LogP contribution in [0.3, 0.4) is 0 Å². The Kier molecular flexibility index (Phi) is 10.8. The molecule has 2 aliphatic carbocycles. The van der Waals surface area contributed by atoms with Crippen molar-refractivity contribution in [1.82, 2.24) is 0 Å². The van der Waals surface area contributed by atoms with Gasteiger partial charge in [-0.25, -0.2) is 9.59 Å². The van der Waals surface area contributed by atoms with Gasteiger partial charge in [0.1, 0.15) is 10.3 Å². The lowest BCUT2D eigenvalue weighted by molar-refractivity contribution is -0.115. The first-order valence-corrected chi connectivity index (χ1v) is 20.7. The lowest BCUT2D eigenvalue weighted by Crippen LogP contribution is -2.49. The lowest BCUT2D eigenvalue weighted by atomic mass is 9.83. The summed E-state index contributed by atoms with van der Waals surface area (Å²) in [5.41, 5.74) is 5.06. The predicted octanol–water partition coefficient (Wildman–Crippen LogP) is 10.7. The Hall–Kier alpha value is -5.03. The molecule has 54 heavy (non-hydrogen) atoms. The SMILES string of the molecule is CCOC(=O)c1c(NC(=O)C(Sc2cccc(NC(=O)N3c4ccccc4SC4C=CC=CC43)c2)c2ccccc2)sc2c1CCC(c1ccccc1)C2. The Morgan fingerprint density at radius 3 is 2.46 bits per heavy atom. The number of thioether (sulfide) groups is 2. The third kappa shape index (κ3) is 7.51. The molecule has 2 heterocycles. The number of rotatable bonds is 9. The maximum Gasteiger partial charge on any atom is 0.341 e.